The van der Waals surface area contributed by atoms with Crippen LogP contribution >= 0.6 is 0 Å². The van der Waals surface area contributed by atoms with Gasteiger partial charge in [-0.15, -0.1) is 0 Å². The highest BCUT2D eigenvalue weighted by Crippen LogP contribution is 2.31. The fraction of sp³-hybridized carbons (Fsp3) is 0.387. The van der Waals surface area contributed by atoms with Crippen molar-refractivity contribution in [3.05, 3.63) is 65.0 Å². The highest BCUT2D eigenvalue weighted by atomic mass is 16.5. The van der Waals surface area contributed by atoms with Crippen molar-refractivity contribution in [3.63, 3.8) is 0 Å². The normalized spacial score (nSPS) is 10.9. The fourth-order valence-corrected chi connectivity index (χ4v) is 4.71. The first-order chi connectivity index (χ1) is 19.4. The minimum absolute atomic E-state index is 0.000468. The number of aromatic nitrogens is 3. The number of carbonyl (C=O) groups excluding carboxylic acids is 1. The van der Waals surface area contributed by atoms with E-state index in [1.54, 1.807) is 14.2 Å². The number of rotatable bonds is 13. The molecule has 40 heavy (non-hydrogen) atoms. The SMILES string of the molecule is CCOc1ccc(CCNC(=O)CCc2c(C)nc3cc(-c4cc(OC)cc(OC)c4)nn3c2C)cc1OCC. The van der Waals surface area contributed by atoms with Gasteiger partial charge in [0.2, 0.25) is 5.91 Å². The third-order valence-corrected chi connectivity index (χ3v) is 6.76. The third-order valence-electron chi connectivity index (χ3n) is 6.76. The van der Waals surface area contributed by atoms with E-state index in [9.17, 15) is 4.79 Å². The van der Waals surface area contributed by atoms with E-state index in [-0.39, 0.29) is 5.91 Å². The minimum Gasteiger partial charge on any atom is -0.497 e. The van der Waals surface area contributed by atoms with Crippen molar-refractivity contribution in [1.29, 1.82) is 0 Å². The molecule has 9 nitrogen and oxygen atoms in total. The lowest BCUT2D eigenvalue weighted by Gasteiger charge is -2.13. The maximum absolute atomic E-state index is 12.7. The summed E-state index contributed by atoms with van der Waals surface area (Å²) in [5.74, 6) is 2.85. The van der Waals surface area contributed by atoms with Gasteiger partial charge in [-0.3, -0.25) is 4.79 Å². The molecule has 4 aromatic rings. The van der Waals surface area contributed by atoms with E-state index in [1.165, 1.54) is 0 Å². The zero-order valence-electron chi connectivity index (χ0n) is 24.2. The molecule has 2 aromatic heterocycles. The van der Waals surface area contributed by atoms with Gasteiger partial charge in [-0.2, -0.15) is 5.10 Å². The van der Waals surface area contributed by atoms with Crippen LogP contribution < -0.4 is 24.3 Å². The highest BCUT2D eigenvalue weighted by Gasteiger charge is 2.16. The number of methoxy groups -OCH3 is 2. The molecule has 1 amide bonds. The lowest BCUT2D eigenvalue weighted by molar-refractivity contribution is -0.121. The summed E-state index contributed by atoms with van der Waals surface area (Å²) in [6.07, 6.45) is 1.64. The van der Waals surface area contributed by atoms with Crippen LogP contribution in [0.3, 0.4) is 0 Å². The zero-order chi connectivity index (χ0) is 28.6. The Balaban J connectivity index is 1.40. The number of amides is 1. The summed E-state index contributed by atoms with van der Waals surface area (Å²) < 4.78 is 24.0. The molecule has 212 valence electrons. The van der Waals surface area contributed by atoms with Crippen LogP contribution in [0.2, 0.25) is 0 Å². The predicted octanol–water partition coefficient (Wildman–Crippen LogP) is 5.12. The number of carbonyl (C=O) groups is 1. The second kappa shape index (κ2) is 13.2. The summed E-state index contributed by atoms with van der Waals surface area (Å²) in [5.41, 5.74) is 6.36. The Kier molecular flexibility index (Phi) is 9.47. The summed E-state index contributed by atoms with van der Waals surface area (Å²) >= 11 is 0. The Bertz CT molecular complexity index is 1460. The molecule has 0 saturated carbocycles. The third kappa shape index (κ3) is 6.65. The second-order valence-corrected chi connectivity index (χ2v) is 9.41. The van der Waals surface area contributed by atoms with Gasteiger partial charge in [0.25, 0.3) is 0 Å². The molecule has 0 aliphatic heterocycles. The van der Waals surface area contributed by atoms with Crippen molar-refractivity contribution in [2.75, 3.05) is 34.0 Å². The molecular formula is C31H38N4O5. The molecule has 0 fully saturated rings. The molecule has 0 aliphatic rings. The van der Waals surface area contributed by atoms with Crippen molar-refractivity contribution in [1.82, 2.24) is 19.9 Å². The molecular weight excluding hydrogens is 508 g/mol. The number of aryl methyl sites for hydroxylation is 2. The van der Waals surface area contributed by atoms with Gasteiger partial charge in [-0.25, -0.2) is 9.50 Å². The largest absolute Gasteiger partial charge is 0.497 e. The zero-order valence-corrected chi connectivity index (χ0v) is 24.2. The molecule has 2 aromatic carbocycles. The summed E-state index contributed by atoms with van der Waals surface area (Å²) in [6.45, 7) is 9.57. The Morgan fingerprint density at radius 2 is 1.60 bits per heavy atom. The monoisotopic (exact) mass is 546 g/mol. The van der Waals surface area contributed by atoms with Crippen molar-refractivity contribution in [2.24, 2.45) is 0 Å². The van der Waals surface area contributed by atoms with Crippen molar-refractivity contribution in [2.45, 2.75) is 47.0 Å². The Morgan fingerprint density at radius 3 is 2.27 bits per heavy atom. The van der Waals surface area contributed by atoms with Crippen LogP contribution in [0.1, 0.15) is 42.8 Å². The quantitative estimate of drug-likeness (QED) is 0.249. The van der Waals surface area contributed by atoms with Crippen molar-refractivity contribution >= 4 is 11.6 Å². The van der Waals surface area contributed by atoms with E-state index in [2.05, 4.69) is 5.32 Å². The van der Waals surface area contributed by atoms with Crippen LogP contribution in [-0.2, 0) is 17.6 Å². The van der Waals surface area contributed by atoms with Crippen molar-refractivity contribution in [3.8, 4) is 34.3 Å². The Hall–Kier alpha value is -4.27. The number of nitrogens with one attached hydrogen (secondary N) is 1. The van der Waals surface area contributed by atoms with Crippen LogP contribution in [-0.4, -0.2) is 54.5 Å². The van der Waals surface area contributed by atoms with E-state index in [0.29, 0.717) is 50.5 Å². The van der Waals surface area contributed by atoms with Gasteiger partial charge in [0.15, 0.2) is 17.1 Å². The average Bonchev–Trinajstić information content (AvgIpc) is 3.38. The van der Waals surface area contributed by atoms with E-state index in [1.807, 2.05) is 74.7 Å². The number of ether oxygens (including phenoxy) is 4. The number of hydrogen-bond acceptors (Lipinski definition) is 7. The van der Waals surface area contributed by atoms with Crippen LogP contribution in [0.15, 0.2) is 42.5 Å². The molecule has 0 spiro atoms. The van der Waals surface area contributed by atoms with Gasteiger partial charge in [0.05, 0.1) is 33.1 Å². The van der Waals surface area contributed by atoms with Crippen molar-refractivity contribution < 1.29 is 23.7 Å². The molecule has 0 radical (unpaired) electrons. The topological polar surface area (TPSA) is 96.2 Å². The summed E-state index contributed by atoms with van der Waals surface area (Å²) in [4.78, 5) is 17.5. The van der Waals surface area contributed by atoms with E-state index >= 15 is 0 Å². The van der Waals surface area contributed by atoms with Crippen LogP contribution in [0, 0.1) is 13.8 Å². The Labute approximate surface area is 235 Å². The van der Waals surface area contributed by atoms with Gasteiger partial charge >= 0.3 is 0 Å². The second-order valence-electron chi connectivity index (χ2n) is 9.41. The van der Waals surface area contributed by atoms with Gasteiger partial charge in [-0.1, -0.05) is 6.07 Å². The van der Waals surface area contributed by atoms with Crippen LogP contribution in [0.25, 0.3) is 16.9 Å². The lowest BCUT2D eigenvalue weighted by atomic mass is 10.1. The minimum atomic E-state index is -0.000468. The number of fused-ring (bicyclic) bond motifs is 1. The molecule has 1 N–H and O–H groups in total. The lowest BCUT2D eigenvalue weighted by Crippen LogP contribution is -2.26. The molecule has 2 heterocycles. The first kappa shape index (κ1) is 28.7. The predicted molar refractivity (Wildman–Crippen MR) is 155 cm³/mol. The highest BCUT2D eigenvalue weighted by molar-refractivity contribution is 5.76. The first-order valence-corrected chi connectivity index (χ1v) is 13.6. The molecule has 0 atom stereocenters. The van der Waals surface area contributed by atoms with E-state index < -0.39 is 0 Å². The van der Waals surface area contributed by atoms with E-state index in [4.69, 9.17) is 29.0 Å². The van der Waals surface area contributed by atoms with Gasteiger partial charge in [0.1, 0.15) is 11.5 Å². The van der Waals surface area contributed by atoms with Crippen LogP contribution in [0.4, 0.5) is 0 Å². The Morgan fingerprint density at radius 1 is 0.900 bits per heavy atom. The number of nitrogens with zero attached hydrogens (tertiary/aromatic N) is 3. The van der Waals surface area contributed by atoms with Gasteiger partial charge in [-0.05, 0) is 75.9 Å². The summed E-state index contributed by atoms with van der Waals surface area (Å²) in [6, 6.07) is 13.5. The maximum Gasteiger partial charge on any atom is 0.220 e. The average molecular weight is 547 g/mol. The molecule has 0 aliphatic carbocycles. The standard InChI is InChI=1S/C31H38N4O5/c1-7-39-28-11-9-22(15-29(28)40-8-2)13-14-32-31(36)12-10-26-20(3)33-30-19-27(34-35(30)21(26)4)23-16-24(37-5)18-25(17-23)38-6/h9,11,15-19H,7-8,10,12-14H2,1-6H3,(H,32,36). The summed E-state index contributed by atoms with van der Waals surface area (Å²) in [5, 5.41) is 7.85. The molecule has 0 saturated heterocycles. The molecule has 4 rings (SSSR count). The molecule has 9 heteroatoms. The van der Waals surface area contributed by atoms with Gasteiger partial charge in [0, 0.05) is 42.0 Å². The van der Waals surface area contributed by atoms with E-state index in [0.717, 1.165) is 50.9 Å². The molecule has 0 unspecified atom stereocenters. The maximum atomic E-state index is 12.7. The number of hydrogen-bond donors (Lipinski definition) is 1. The first-order valence-electron chi connectivity index (χ1n) is 13.6. The molecule has 0 bridgehead atoms. The number of benzene rings is 2. The smallest absolute Gasteiger partial charge is 0.220 e. The van der Waals surface area contributed by atoms with Gasteiger partial charge < -0.3 is 24.3 Å². The fourth-order valence-electron chi connectivity index (χ4n) is 4.71. The van der Waals surface area contributed by atoms with Crippen LogP contribution in [0.5, 0.6) is 23.0 Å². The summed E-state index contributed by atoms with van der Waals surface area (Å²) in [7, 11) is 3.25.